The summed E-state index contributed by atoms with van der Waals surface area (Å²) in [6, 6.07) is 9.48. The standard InChI is InChI=1S/C20H28N4O2.C2H7NO2S/c1-4-6-15(25)12-26-16-8-5-7-14(9-16)19-10-18(22)17(11-21)20(24-19)23-13(2)3;1-3(2)6(4)5/h5,7-11,13,15,21,25H,4,6,12H2,1-3H3,(H3,22,23,24);1-2H3,(H,4,5)/p-1. The highest BCUT2D eigenvalue weighted by atomic mass is 32.2. The zero-order chi connectivity index (χ0) is 24.3. The number of benzene rings is 1. The minimum absolute atomic E-state index is 0.172. The van der Waals surface area contributed by atoms with E-state index in [1.807, 2.05) is 45.0 Å². The number of aromatic nitrogens is 1. The number of aliphatic hydroxyl groups excluding tert-OH is 1. The number of hydrogen-bond acceptors (Lipinski definition) is 8. The van der Waals surface area contributed by atoms with Crippen LogP contribution in [0.15, 0.2) is 30.3 Å². The van der Waals surface area contributed by atoms with Gasteiger partial charge in [-0.05, 0) is 52.6 Å². The lowest BCUT2D eigenvalue weighted by molar-refractivity contribution is 0.0994. The molecule has 1 aromatic heterocycles. The van der Waals surface area contributed by atoms with Gasteiger partial charge >= 0.3 is 0 Å². The molecule has 0 radical (unpaired) electrons. The van der Waals surface area contributed by atoms with Crippen LogP contribution in [-0.4, -0.2) is 62.2 Å². The van der Waals surface area contributed by atoms with Crippen LogP contribution in [0.25, 0.3) is 11.3 Å². The molecule has 1 heterocycles. The van der Waals surface area contributed by atoms with Gasteiger partial charge in [-0.25, -0.2) is 9.29 Å². The minimum Gasteiger partial charge on any atom is -0.760 e. The Morgan fingerprint density at radius 3 is 2.56 bits per heavy atom. The molecule has 0 aliphatic heterocycles. The molecule has 0 saturated heterocycles. The molecular weight excluding hydrogens is 430 g/mol. The van der Waals surface area contributed by atoms with Gasteiger partial charge in [-0.15, -0.1) is 0 Å². The van der Waals surface area contributed by atoms with E-state index >= 15 is 0 Å². The summed E-state index contributed by atoms with van der Waals surface area (Å²) in [4.78, 5) is 4.63. The maximum absolute atomic E-state index is 9.83. The zero-order valence-electron chi connectivity index (χ0n) is 19.3. The Labute approximate surface area is 192 Å². The molecule has 5 N–H and O–H groups in total. The number of nitrogens with zero attached hydrogens (tertiary/aromatic N) is 2. The van der Waals surface area contributed by atoms with E-state index in [1.54, 1.807) is 6.07 Å². The molecule has 0 bridgehead atoms. The van der Waals surface area contributed by atoms with Crippen LogP contribution in [0.2, 0.25) is 0 Å². The molecule has 0 fully saturated rings. The Hall–Kier alpha value is -2.53. The van der Waals surface area contributed by atoms with Gasteiger partial charge in [-0.2, -0.15) is 0 Å². The summed E-state index contributed by atoms with van der Waals surface area (Å²) < 4.78 is 26.0. The first kappa shape index (κ1) is 27.5. The average Bonchev–Trinajstić information content (AvgIpc) is 2.72. The number of rotatable bonds is 10. The molecule has 9 nitrogen and oxygen atoms in total. The monoisotopic (exact) mass is 464 g/mol. The average molecular weight is 465 g/mol. The van der Waals surface area contributed by atoms with Crippen molar-refractivity contribution >= 4 is 29.0 Å². The van der Waals surface area contributed by atoms with Gasteiger partial charge in [0.05, 0.1) is 17.4 Å². The fourth-order valence-corrected chi connectivity index (χ4v) is 2.61. The molecule has 0 aliphatic carbocycles. The maximum Gasteiger partial charge on any atom is 0.137 e. The van der Waals surface area contributed by atoms with Crippen LogP contribution in [0.5, 0.6) is 5.75 Å². The van der Waals surface area contributed by atoms with E-state index in [9.17, 15) is 13.9 Å². The van der Waals surface area contributed by atoms with Crippen molar-refractivity contribution in [3.8, 4) is 17.0 Å². The molecule has 10 heteroatoms. The molecule has 178 valence electrons. The van der Waals surface area contributed by atoms with Gasteiger partial charge < -0.3 is 30.9 Å². The highest BCUT2D eigenvalue weighted by Crippen LogP contribution is 2.28. The van der Waals surface area contributed by atoms with Crippen LogP contribution in [0, 0.1) is 5.41 Å². The smallest absolute Gasteiger partial charge is 0.137 e. The summed E-state index contributed by atoms with van der Waals surface area (Å²) >= 11 is -2.03. The second-order valence-corrected chi connectivity index (χ2v) is 8.78. The lowest BCUT2D eigenvalue weighted by atomic mass is 10.1. The Bertz CT molecular complexity index is 893. The number of hydrogen-bond donors (Lipinski definition) is 4. The van der Waals surface area contributed by atoms with E-state index in [2.05, 4.69) is 10.3 Å². The topological polar surface area (TPSA) is 148 Å². The van der Waals surface area contributed by atoms with E-state index in [4.69, 9.17) is 15.9 Å². The Morgan fingerprint density at radius 2 is 2.03 bits per heavy atom. The first-order chi connectivity index (χ1) is 15.1. The van der Waals surface area contributed by atoms with Gasteiger partial charge in [0.25, 0.3) is 0 Å². The van der Waals surface area contributed by atoms with E-state index < -0.39 is 17.4 Å². The SMILES string of the molecule is CCCC(O)COc1cccc(-c2cc(N)c(C=N)c(NC(C)C)n2)c1.CN(C)S(=O)[O-]. The van der Waals surface area contributed by atoms with Crippen molar-refractivity contribution < 1.29 is 18.6 Å². The third-order valence-electron chi connectivity index (χ3n) is 4.15. The molecular formula is C22H34N5O4S-. The van der Waals surface area contributed by atoms with Crippen molar-refractivity contribution in [2.24, 2.45) is 0 Å². The van der Waals surface area contributed by atoms with Gasteiger partial charge in [0, 0.05) is 34.8 Å². The van der Waals surface area contributed by atoms with Crippen molar-refractivity contribution in [2.45, 2.75) is 45.8 Å². The highest BCUT2D eigenvalue weighted by Gasteiger charge is 2.12. The largest absolute Gasteiger partial charge is 0.760 e. The lowest BCUT2D eigenvalue weighted by Gasteiger charge is -2.16. The van der Waals surface area contributed by atoms with Gasteiger partial charge in [0.2, 0.25) is 0 Å². The molecule has 0 saturated carbocycles. The number of aliphatic hydroxyl groups is 1. The minimum atomic E-state index is -2.03. The molecule has 2 unspecified atom stereocenters. The van der Waals surface area contributed by atoms with E-state index in [-0.39, 0.29) is 12.6 Å². The predicted molar refractivity (Wildman–Crippen MR) is 130 cm³/mol. The number of nitrogens with one attached hydrogen (secondary N) is 2. The molecule has 2 atom stereocenters. The van der Waals surface area contributed by atoms with Crippen LogP contribution >= 0.6 is 0 Å². The number of nitrogen functional groups attached to an aromatic ring is 1. The molecule has 0 aliphatic rings. The van der Waals surface area contributed by atoms with Crippen LogP contribution in [0.1, 0.15) is 39.2 Å². The second-order valence-electron chi connectivity index (χ2n) is 7.61. The van der Waals surface area contributed by atoms with Gasteiger partial charge in [-0.1, -0.05) is 25.5 Å². The maximum atomic E-state index is 9.83. The molecule has 32 heavy (non-hydrogen) atoms. The molecule has 1 aromatic carbocycles. The van der Waals surface area contributed by atoms with Crippen LogP contribution in [-0.2, 0) is 11.3 Å². The normalized spacial score (nSPS) is 12.7. The molecule has 0 amide bonds. The lowest BCUT2D eigenvalue weighted by Crippen LogP contribution is -2.17. The summed E-state index contributed by atoms with van der Waals surface area (Å²) in [5.41, 5.74) is 8.77. The van der Waals surface area contributed by atoms with Crippen LogP contribution in [0.4, 0.5) is 11.5 Å². The molecule has 2 rings (SSSR count). The summed E-state index contributed by atoms with van der Waals surface area (Å²) in [5.74, 6) is 1.27. The van der Waals surface area contributed by atoms with E-state index in [0.717, 1.165) is 16.3 Å². The predicted octanol–water partition coefficient (Wildman–Crippen LogP) is 3.03. The Kier molecular flexibility index (Phi) is 11.9. The highest BCUT2D eigenvalue weighted by molar-refractivity contribution is 7.76. The van der Waals surface area contributed by atoms with Crippen LogP contribution in [0.3, 0.4) is 0 Å². The quantitative estimate of drug-likeness (QED) is 0.312. The summed E-state index contributed by atoms with van der Waals surface area (Å²) in [6.45, 7) is 6.31. The van der Waals surface area contributed by atoms with Crippen molar-refractivity contribution in [1.29, 1.82) is 5.41 Å². The molecule has 2 aromatic rings. The van der Waals surface area contributed by atoms with Crippen molar-refractivity contribution in [1.82, 2.24) is 9.29 Å². The third kappa shape index (κ3) is 9.31. The van der Waals surface area contributed by atoms with Gasteiger partial charge in [0.1, 0.15) is 18.2 Å². The second kappa shape index (κ2) is 13.8. The fourth-order valence-electron chi connectivity index (χ4n) is 2.61. The molecule has 0 spiro atoms. The van der Waals surface area contributed by atoms with Gasteiger partial charge in [-0.3, -0.25) is 4.21 Å². The third-order valence-corrected chi connectivity index (χ3v) is 4.75. The number of anilines is 2. The van der Waals surface area contributed by atoms with Gasteiger partial charge in [0.15, 0.2) is 0 Å². The summed E-state index contributed by atoms with van der Waals surface area (Å²) in [6.07, 6.45) is 2.38. The Balaban J connectivity index is 0.000000751. The van der Waals surface area contributed by atoms with Crippen molar-refractivity contribution in [3.05, 3.63) is 35.9 Å². The van der Waals surface area contributed by atoms with E-state index in [1.165, 1.54) is 20.3 Å². The number of pyridine rings is 1. The van der Waals surface area contributed by atoms with Crippen molar-refractivity contribution in [2.75, 3.05) is 31.8 Å². The first-order valence-corrected chi connectivity index (χ1v) is 11.4. The number of nitrogens with two attached hydrogens (primary N) is 1. The first-order valence-electron chi connectivity index (χ1n) is 10.3. The van der Waals surface area contributed by atoms with Crippen LogP contribution < -0.4 is 15.8 Å². The Morgan fingerprint density at radius 1 is 1.38 bits per heavy atom. The van der Waals surface area contributed by atoms with E-state index in [0.29, 0.717) is 34.9 Å². The summed E-state index contributed by atoms with van der Waals surface area (Å²) in [5, 5.41) is 20.6. The van der Waals surface area contributed by atoms with Crippen molar-refractivity contribution in [3.63, 3.8) is 0 Å². The summed E-state index contributed by atoms with van der Waals surface area (Å²) in [7, 11) is 2.92. The number of ether oxygens (including phenoxy) is 1. The zero-order valence-corrected chi connectivity index (χ0v) is 20.1. The fraction of sp³-hybridized carbons (Fsp3) is 0.455.